The summed E-state index contributed by atoms with van der Waals surface area (Å²) in [5.74, 6) is -0.885. The summed E-state index contributed by atoms with van der Waals surface area (Å²) in [6, 6.07) is 0. The maximum atomic E-state index is 13.5. The summed E-state index contributed by atoms with van der Waals surface area (Å²) < 4.78 is 52.2. The zero-order valence-electron chi connectivity index (χ0n) is 32.8. The van der Waals surface area contributed by atoms with Crippen LogP contribution in [0.2, 0.25) is 34.8 Å². The van der Waals surface area contributed by atoms with Gasteiger partial charge in [0.2, 0.25) is 8.32 Å². The number of esters is 1. The summed E-state index contributed by atoms with van der Waals surface area (Å²) in [5.41, 5.74) is 3.51. The minimum Gasteiger partial charge on any atom is -0.461 e. The summed E-state index contributed by atoms with van der Waals surface area (Å²) in [5, 5.41) is -0.00883. The van der Waals surface area contributed by atoms with E-state index in [9.17, 15) is 9.36 Å². The van der Waals surface area contributed by atoms with Crippen LogP contribution in [0.15, 0.2) is 21.3 Å². The Morgan fingerprint density at radius 3 is 1.77 bits per heavy atom. The molecule has 0 aromatic heterocycles. The van der Waals surface area contributed by atoms with Gasteiger partial charge in [-0.15, -0.1) is 0 Å². The largest absolute Gasteiger partial charge is 0.461 e. The molecule has 278 valence electrons. The first-order chi connectivity index (χ1) is 21.5. The third-order valence-corrected chi connectivity index (χ3v) is 23.3. The van der Waals surface area contributed by atoms with Crippen LogP contribution in [0.25, 0.3) is 0 Å². The van der Waals surface area contributed by atoms with Gasteiger partial charge in [0, 0.05) is 19.4 Å². The highest BCUT2D eigenvalue weighted by Gasteiger charge is 2.45. The van der Waals surface area contributed by atoms with E-state index in [4.69, 9.17) is 27.4 Å². The molecule has 0 rings (SSSR count). The Morgan fingerprint density at radius 2 is 1.38 bits per heavy atom. The van der Waals surface area contributed by atoms with Crippen LogP contribution in [0.5, 0.6) is 0 Å². The van der Waals surface area contributed by atoms with Gasteiger partial charge < -0.3 is 27.4 Å². The summed E-state index contributed by atoms with van der Waals surface area (Å²) >= 11 is 2.24. The normalized spacial score (nSPS) is 17.0. The quantitative estimate of drug-likeness (QED) is 0.0350. The summed E-state index contributed by atoms with van der Waals surface area (Å²) in [4.78, 5) is 13.5. The standard InChI is InChI=1S/C35H70IO8PSi2/c1-18-40-45(38,41-19-2)24-33(37)43-32(22-31(29(10)23-36)44-46(16,17)35(12,13)14)30(11)34(39-15)28(9)20-21-42-47(25(3)4,26(5)6)27(7)8/h20,23,25-27,30-32,34H,18-19,21-22,24H2,1-17H3/b28-20+,29-23+/t30-,31+,32+,34+/m1/s1. The number of ether oxygens (including phenoxy) is 2. The van der Waals surface area contributed by atoms with Gasteiger partial charge in [-0.05, 0) is 77.7 Å². The second-order valence-corrected chi connectivity index (χ2v) is 28.1. The number of carbonyl (C=O) groups is 1. The van der Waals surface area contributed by atoms with Crippen LogP contribution in [0, 0.1) is 5.92 Å². The smallest absolute Gasteiger partial charge is 0.341 e. The molecule has 0 aromatic carbocycles. The van der Waals surface area contributed by atoms with Crippen LogP contribution < -0.4 is 0 Å². The van der Waals surface area contributed by atoms with Crippen molar-refractivity contribution in [2.45, 2.75) is 156 Å². The number of rotatable bonds is 22. The van der Waals surface area contributed by atoms with Crippen molar-refractivity contribution in [2.75, 3.05) is 33.1 Å². The molecule has 12 heteroatoms. The first-order valence-electron chi connectivity index (χ1n) is 17.4. The molecule has 0 aliphatic heterocycles. The lowest BCUT2D eigenvalue weighted by atomic mass is 9.88. The molecule has 0 heterocycles. The molecule has 0 bridgehead atoms. The van der Waals surface area contributed by atoms with Gasteiger partial charge in [0.15, 0.2) is 8.32 Å². The van der Waals surface area contributed by atoms with Gasteiger partial charge >= 0.3 is 13.6 Å². The molecule has 47 heavy (non-hydrogen) atoms. The first kappa shape index (κ1) is 47.1. The third-order valence-electron chi connectivity index (χ3n) is 9.84. The number of methoxy groups -OCH3 is 1. The van der Waals surface area contributed by atoms with Crippen LogP contribution in [-0.2, 0) is 36.7 Å². The fraction of sp³-hybridized carbons (Fsp3) is 0.857. The molecule has 0 saturated carbocycles. The van der Waals surface area contributed by atoms with Gasteiger partial charge in [0.05, 0.1) is 32.0 Å². The monoisotopic (exact) mass is 832 g/mol. The lowest BCUT2D eigenvalue weighted by Crippen LogP contribution is -2.48. The highest BCUT2D eigenvalue weighted by molar-refractivity contribution is 14.1. The van der Waals surface area contributed by atoms with Crippen molar-refractivity contribution in [3.8, 4) is 0 Å². The topological polar surface area (TPSA) is 89.5 Å². The van der Waals surface area contributed by atoms with E-state index in [0.29, 0.717) is 29.7 Å². The second kappa shape index (κ2) is 20.9. The Kier molecular flexibility index (Phi) is 20.9. The van der Waals surface area contributed by atoms with Crippen molar-refractivity contribution in [2.24, 2.45) is 5.92 Å². The molecule has 0 unspecified atom stereocenters. The van der Waals surface area contributed by atoms with Crippen LogP contribution in [-0.4, -0.2) is 74.0 Å². The van der Waals surface area contributed by atoms with E-state index in [1.807, 2.05) is 17.9 Å². The Balaban J connectivity index is 6.65. The first-order valence-corrected chi connectivity index (χ1v) is 25.4. The molecule has 0 N–H and O–H groups in total. The van der Waals surface area contributed by atoms with E-state index in [-0.39, 0.29) is 36.4 Å². The maximum Gasteiger partial charge on any atom is 0.341 e. The van der Waals surface area contributed by atoms with Gasteiger partial charge in [-0.3, -0.25) is 9.36 Å². The van der Waals surface area contributed by atoms with E-state index in [2.05, 4.69) is 111 Å². The van der Waals surface area contributed by atoms with Crippen molar-refractivity contribution >= 4 is 52.8 Å². The summed E-state index contributed by atoms with van der Waals surface area (Å²) in [6.07, 6.45) is 0.845. The molecule has 0 aromatic rings. The molecule has 0 fully saturated rings. The average Bonchev–Trinajstić information content (AvgIpc) is 2.93. The second-order valence-electron chi connectivity index (χ2n) is 15.2. The fourth-order valence-corrected chi connectivity index (χ4v) is 14.9. The van der Waals surface area contributed by atoms with Crippen LogP contribution in [0.4, 0.5) is 0 Å². The van der Waals surface area contributed by atoms with E-state index in [0.717, 1.165) is 11.1 Å². The van der Waals surface area contributed by atoms with E-state index < -0.39 is 42.5 Å². The summed E-state index contributed by atoms with van der Waals surface area (Å²) in [7, 11) is -6.20. The lowest BCUT2D eigenvalue weighted by Gasteiger charge is -2.42. The van der Waals surface area contributed by atoms with E-state index in [1.54, 1.807) is 21.0 Å². The van der Waals surface area contributed by atoms with Gasteiger partial charge in [0.25, 0.3) is 0 Å². The predicted molar refractivity (Wildman–Crippen MR) is 211 cm³/mol. The van der Waals surface area contributed by atoms with Gasteiger partial charge in [0.1, 0.15) is 12.3 Å². The molecule has 0 saturated heterocycles. The molecule has 0 radical (unpaired) electrons. The average molecular weight is 833 g/mol. The Labute approximate surface area is 304 Å². The molecule has 4 atom stereocenters. The Bertz CT molecular complexity index is 1020. The zero-order valence-corrected chi connectivity index (χ0v) is 37.9. The van der Waals surface area contributed by atoms with Crippen LogP contribution in [0.1, 0.15) is 103 Å². The van der Waals surface area contributed by atoms with Crippen molar-refractivity contribution in [1.29, 1.82) is 0 Å². The van der Waals surface area contributed by atoms with Crippen molar-refractivity contribution < 1.29 is 36.7 Å². The van der Waals surface area contributed by atoms with Gasteiger partial charge in [-0.25, -0.2) is 0 Å². The molecule has 0 amide bonds. The highest BCUT2D eigenvalue weighted by atomic mass is 127. The lowest BCUT2D eigenvalue weighted by molar-refractivity contribution is -0.152. The van der Waals surface area contributed by atoms with Gasteiger partial charge in [-0.1, -0.05) is 97.9 Å². The number of carbonyl (C=O) groups excluding carboxylic acids is 1. The summed E-state index contributed by atoms with van der Waals surface area (Å²) in [6.45, 7) is 35.2. The number of halogens is 1. The predicted octanol–water partition coefficient (Wildman–Crippen LogP) is 11.1. The van der Waals surface area contributed by atoms with Gasteiger partial charge in [-0.2, -0.15) is 0 Å². The van der Waals surface area contributed by atoms with Crippen LogP contribution in [0.3, 0.4) is 0 Å². The number of hydrogen-bond acceptors (Lipinski definition) is 8. The van der Waals surface area contributed by atoms with E-state index in [1.165, 1.54) is 0 Å². The maximum absolute atomic E-state index is 13.5. The van der Waals surface area contributed by atoms with Crippen molar-refractivity contribution in [1.82, 2.24) is 0 Å². The zero-order chi connectivity index (χ0) is 37.0. The Hall–Kier alpha value is 0.144. The van der Waals surface area contributed by atoms with E-state index >= 15 is 0 Å². The Morgan fingerprint density at radius 1 is 0.894 bits per heavy atom. The third kappa shape index (κ3) is 14.0. The molecule has 0 aliphatic rings. The highest BCUT2D eigenvalue weighted by Crippen LogP contribution is 2.48. The SMILES string of the molecule is CCOP(=O)(CC(=O)O[C@@H](C[C@H](O[Si](C)(C)C(C)(C)C)/C(C)=C/I)[C@@H](C)[C@@H](OC)/C(C)=C/CO[Si](C(C)C)(C(C)C)C(C)C)OCC. The van der Waals surface area contributed by atoms with Crippen molar-refractivity contribution in [3.05, 3.63) is 21.3 Å². The fourth-order valence-electron chi connectivity index (χ4n) is 6.34. The molecule has 8 nitrogen and oxygen atoms in total. The molecular formula is C35H70IO8PSi2. The van der Waals surface area contributed by atoms with Crippen LogP contribution >= 0.6 is 30.2 Å². The minimum absolute atomic E-state index is 0.00883. The van der Waals surface area contributed by atoms with Crippen molar-refractivity contribution in [3.63, 3.8) is 0 Å². The minimum atomic E-state index is -3.65. The number of hydrogen-bond donors (Lipinski definition) is 0. The molecular weight excluding hydrogens is 762 g/mol. The molecule has 0 aliphatic carbocycles. The molecule has 0 spiro atoms.